The van der Waals surface area contributed by atoms with Gasteiger partial charge in [-0.05, 0) is 5.56 Å². The quantitative estimate of drug-likeness (QED) is 0.629. The van der Waals surface area contributed by atoms with Gasteiger partial charge in [-0.1, -0.05) is 35.3 Å². The van der Waals surface area contributed by atoms with Gasteiger partial charge in [0.05, 0.1) is 6.54 Å². The zero-order valence-electron chi connectivity index (χ0n) is 9.05. The molecule has 0 fully saturated rings. The van der Waals surface area contributed by atoms with E-state index in [0.717, 1.165) is 5.56 Å². The predicted molar refractivity (Wildman–Crippen MR) is 62.5 cm³/mol. The SMILES string of the molecule is O=c1[nH]c[n+](Cc2ccccc2)c2nc[nH]c12. The Hall–Kier alpha value is -2.43. The van der Waals surface area contributed by atoms with Gasteiger partial charge in [-0.2, -0.15) is 0 Å². The number of nitrogens with one attached hydrogen (secondary N) is 2. The standard InChI is InChI=1S/C12H10N4O/c17-12-10-11(14-7-13-10)16(8-15-12)6-9-4-2-1-3-5-9/h1-5,7-8H,6H2,(H,13,14,17)/p+1. The summed E-state index contributed by atoms with van der Waals surface area (Å²) in [7, 11) is 0. The van der Waals surface area contributed by atoms with Crippen LogP contribution in [0, 0.1) is 0 Å². The summed E-state index contributed by atoms with van der Waals surface area (Å²) in [5.41, 5.74) is 2.18. The predicted octanol–water partition coefficient (Wildman–Crippen LogP) is 0.587. The molecule has 1 aromatic carbocycles. The first-order valence-corrected chi connectivity index (χ1v) is 5.33. The minimum Gasteiger partial charge on any atom is -0.321 e. The number of hydrogen-bond donors (Lipinski definition) is 2. The molecule has 0 amide bonds. The van der Waals surface area contributed by atoms with Crippen LogP contribution in [0.2, 0.25) is 0 Å². The molecule has 0 saturated carbocycles. The number of aromatic nitrogens is 4. The third-order valence-corrected chi connectivity index (χ3v) is 2.67. The van der Waals surface area contributed by atoms with Crippen LogP contribution in [0.4, 0.5) is 0 Å². The highest BCUT2D eigenvalue weighted by molar-refractivity contribution is 5.64. The lowest BCUT2D eigenvalue weighted by Crippen LogP contribution is -2.38. The summed E-state index contributed by atoms with van der Waals surface area (Å²) in [5, 5.41) is 0. The lowest BCUT2D eigenvalue weighted by molar-refractivity contribution is -0.667. The summed E-state index contributed by atoms with van der Waals surface area (Å²) in [4.78, 5) is 21.2. The molecular weight excluding hydrogens is 216 g/mol. The number of hydrogen-bond acceptors (Lipinski definition) is 2. The molecule has 0 aliphatic carbocycles. The fraction of sp³-hybridized carbons (Fsp3) is 0.0833. The van der Waals surface area contributed by atoms with E-state index in [0.29, 0.717) is 17.7 Å². The molecule has 2 heterocycles. The van der Waals surface area contributed by atoms with Gasteiger partial charge in [-0.3, -0.25) is 0 Å². The normalized spacial score (nSPS) is 10.8. The smallest absolute Gasteiger partial charge is 0.321 e. The molecule has 0 spiro atoms. The summed E-state index contributed by atoms with van der Waals surface area (Å²) < 4.78 is 1.91. The van der Waals surface area contributed by atoms with E-state index in [1.165, 1.54) is 6.33 Å². The van der Waals surface area contributed by atoms with Crippen molar-refractivity contribution in [3.63, 3.8) is 0 Å². The average Bonchev–Trinajstić information content (AvgIpc) is 2.84. The zero-order chi connectivity index (χ0) is 11.7. The van der Waals surface area contributed by atoms with Crippen molar-refractivity contribution in [3.8, 4) is 0 Å². The zero-order valence-corrected chi connectivity index (χ0v) is 9.05. The Balaban J connectivity index is 2.10. The van der Waals surface area contributed by atoms with E-state index in [-0.39, 0.29) is 5.56 Å². The van der Waals surface area contributed by atoms with Gasteiger partial charge in [0.25, 0.3) is 5.65 Å². The number of aromatic amines is 2. The molecular formula is C12H11N4O+. The van der Waals surface area contributed by atoms with Gasteiger partial charge >= 0.3 is 5.56 Å². The first-order valence-electron chi connectivity index (χ1n) is 5.33. The second-order valence-electron chi connectivity index (χ2n) is 3.82. The Morgan fingerprint density at radius 1 is 1.18 bits per heavy atom. The second-order valence-corrected chi connectivity index (χ2v) is 3.82. The van der Waals surface area contributed by atoms with Crippen molar-refractivity contribution < 1.29 is 4.57 Å². The number of H-pyrrole nitrogens is 2. The van der Waals surface area contributed by atoms with Crippen molar-refractivity contribution in [1.82, 2.24) is 15.0 Å². The topological polar surface area (TPSA) is 65.4 Å². The van der Waals surface area contributed by atoms with E-state index in [1.54, 1.807) is 6.33 Å². The Morgan fingerprint density at radius 3 is 2.82 bits per heavy atom. The summed E-state index contributed by atoms with van der Waals surface area (Å²) in [5.74, 6) is 0. The summed E-state index contributed by atoms with van der Waals surface area (Å²) in [6.45, 7) is 0.680. The van der Waals surface area contributed by atoms with Crippen LogP contribution in [-0.4, -0.2) is 15.0 Å². The van der Waals surface area contributed by atoms with E-state index in [2.05, 4.69) is 15.0 Å². The minimum atomic E-state index is -0.151. The monoisotopic (exact) mass is 227 g/mol. The van der Waals surface area contributed by atoms with Crippen LogP contribution in [0.15, 0.2) is 47.8 Å². The Bertz CT molecular complexity index is 699. The molecule has 5 heteroatoms. The highest BCUT2D eigenvalue weighted by atomic mass is 16.1. The number of rotatable bonds is 2. The van der Waals surface area contributed by atoms with E-state index in [9.17, 15) is 4.79 Å². The molecule has 2 aromatic heterocycles. The molecule has 2 N–H and O–H groups in total. The number of nitrogens with zero attached hydrogens (tertiary/aromatic N) is 2. The molecule has 0 bridgehead atoms. The van der Waals surface area contributed by atoms with Crippen molar-refractivity contribution in [2.75, 3.05) is 0 Å². The maximum Gasteiger partial charge on any atom is 0.334 e. The van der Waals surface area contributed by atoms with Crippen molar-refractivity contribution in [1.29, 1.82) is 0 Å². The fourth-order valence-electron chi connectivity index (χ4n) is 1.84. The Labute approximate surface area is 96.8 Å². The lowest BCUT2D eigenvalue weighted by Gasteiger charge is -2.00. The van der Waals surface area contributed by atoms with Gasteiger partial charge < -0.3 is 4.98 Å². The maximum atomic E-state index is 11.5. The summed E-state index contributed by atoms with van der Waals surface area (Å²) in [6, 6.07) is 10.0. The van der Waals surface area contributed by atoms with Crippen LogP contribution in [0.5, 0.6) is 0 Å². The third-order valence-electron chi connectivity index (χ3n) is 2.67. The number of benzene rings is 1. The largest absolute Gasteiger partial charge is 0.334 e. The van der Waals surface area contributed by atoms with E-state index in [1.807, 2.05) is 34.9 Å². The van der Waals surface area contributed by atoms with E-state index < -0.39 is 0 Å². The first kappa shape index (κ1) is 9.77. The van der Waals surface area contributed by atoms with Crippen molar-refractivity contribution in [2.24, 2.45) is 0 Å². The maximum absolute atomic E-state index is 11.5. The minimum absolute atomic E-state index is 0.151. The van der Waals surface area contributed by atoms with Crippen LogP contribution in [0.1, 0.15) is 5.56 Å². The van der Waals surface area contributed by atoms with Gasteiger partial charge in [0, 0.05) is 0 Å². The average molecular weight is 227 g/mol. The molecule has 0 atom stereocenters. The first-order chi connectivity index (χ1) is 8.34. The van der Waals surface area contributed by atoms with Gasteiger partial charge in [0.15, 0.2) is 18.2 Å². The van der Waals surface area contributed by atoms with Gasteiger partial charge in [-0.25, -0.2) is 14.3 Å². The molecule has 3 rings (SSSR count). The summed E-state index contributed by atoms with van der Waals surface area (Å²) in [6.07, 6.45) is 3.18. The lowest BCUT2D eigenvalue weighted by atomic mass is 10.2. The molecule has 0 unspecified atom stereocenters. The third kappa shape index (κ3) is 1.71. The molecule has 0 radical (unpaired) electrons. The van der Waals surface area contributed by atoms with E-state index >= 15 is 0 Å². The molecule has 0 aliphatic rings. The van der Waals surface area contributed by atoms with Crippen LogP contribution in [0.25, 0.3) is 11.2 Å². The molecule has 3 aromatic rings. The summed E-state index contributed by atoms with van der Waals surface area (Å²) >= 11 is 0. The number of fused-ring (bicyclic) bond motifs is 1. The van der Waals surface area contributed by atoms with Gasteiger partial charge in [0.2, 0.25) is 0 Å². The van der Waals surface area contributed by atoms with Crippen molar-refractivity contribution in [2.45, 2.75) is 6.54 Å². The molecule has 84 valence electrons. The van der Waals surface area contributed by atoms with E-state index in [4.69, 9.17) is 0 Å². The van der Waals surface area contributed by atoms with Crippen molar-refractivity contribution >= 4 is 11.2 Å². The van der Waals surface area contributed by atoms with Crippen LogP contribution >= 0.6 is 0 Å². The molecule has 5 nitrogen and oxygen atoms in total. The van der Waals surface area contributed by atoms with Crippen LogP contribution < -0.4 is 10.1 Å². The molecule has 0 saturated heterocycles. The van der Waals surface area contributed by atoms with Crippen LogP contribution in [-0.2, 0) is 6.54 Å². The van der Waals surface area contributed by atoms with Crippen molar-refractivity contribution in [3.05, 3.63) is 58.9 Å². The van der Waals surface area contributed by atoms with Crippen LogP contribution in [0.3, 0.4) is 0 Å². The molecule has 0 aliphatic heterocycles. The van der Waals surface area contributed by atoms with Gasteiger partial charge in [0.1, 0.15) is 0 Å². The molecule has 17 heavy (non-hydrogen) atoms. The number of imidazole rings is 1. The Kier molecular flexibility index (Phi) is 2.22. The fourth-order valence-corrected chi connectivity index (χ4v) is 1.84. The highest BCUT2D eigenvalue weighted by Gasteiger charge is 2.12. The highest BCUT2D eigenvalue weighted by Crippen LogP contribution is 2.00. The second kappa shape index (κ2) is 3.86. The van der Waals surface area contributed by atoms with Gasteiger partial charge in [-0.15, -0.1) is 0 Å². The Morgan fingerprint density at radius 2 is 2.00 bits per heavy atom.